The van der Waals surface area contributed by atoms with Crippen LogP contribution in [0.3, 0.4) is 0 Å². The van der Waals surface area contributed by atoms with Crippen molar-refractivity contribution in [3.63, 3.8) is 0 Å². The molecule has 2 heterocycles. The molecule has 0 atom stereocenters. The van der Waals surface area contributed by atoms with Crippen LogP contribution in [0.4, 0.5) is 17.1 Å². The van der Waals surface area contributed by atoms with E-state index in [0.717, 1.165) is 72.5 Å². The molecule has 0 aliphatic rings. The molecule has 304 valence electrons. The van der Waals surface area contributed by atoms with Crippen molar-refractivity contribution >= 4 is 82.4 Å². The maximum atomic E-state index is 6.76. The third kappa shape index (κ3) is 5.97. The van der Waals surface area contributed by atoms with E-state index in [0.29, 0.717) is 0 Å². The number of nitrogens with zero attached hydrogens (tertiary/aromatic N) is 2. The van der Waals surface area contributed by atoms with Crippen molar-refractivity contribution in [3.05, 3.63) is 243 Å². The number of rotatable bonds is 7. The van der Waals surface area contributed by atoms with Crippen LogP contribution in [-0.2, 0) is 0 Å². The van der Waals surface area contributed by atoms with E-state index in [9.17, 15) is 0 Å². The van der Waals surface area contributed by atoms with E-state index in [-0.39, 0.29) is 0 Å². The van der Waals surface area contributed by atoms with Crippen LogP contribution in [0.2, 0.25) is 0 Å². The molecular weight excluding hydrogens is 789 g/mol. The molecule has 11 aromatic carbocycles. The molecule has 0 saturated heterocycles. The summed E-state index contributed by atoms with van der Waals surface area (Å²) in [5.74, 6) is 0. The van der Waals surface area contributed by atoms with Gasteiger partial charge in [-0.05, 0) is 92.8 Å². The van der Waals surface area contributed by atoms with Crippen molar-refractivity contribution in [2.75, 3.05) is 4.90 Å². The van der Waals surface area contributed by atoms with Gasteiger partial charge in [0.25, 0.3) is 0 Å². The van der Waals surface area contributed by atoms with Crippen LogP contribution in [0.5, 0.6) is 0 Å². The molecule has 3 heteroatoms. The van der Waals surface area contributed by atoms with Gasteiger partial charge in [0.15, 0.2) is 0 Å². The van der Waals surface area contributed by atoms with Gasteiger partial charge in [-0.1, -0.05) is 188 Å². The lowest BCUT2D eigenvalue weighted by atomic mass is 9.91. The predicted octanol–water partition coefficient (Wildman–Crippen LogP) is 17.5. The highest BCUT2D eigenvalue weighted by Gasteiger charge is 2.25. The number of aromatic nitrogens is 1. The van der Waals surface area contributed by atoms with E-state index in [4.69, 9.17) is 4.42 Å². The lowest BCUT2D eigenvalue weighted by molar-refractivity contribution is 0.670. The van der Waals surface area contributed by atoms with Crippen molar-refractivity contribution in [2.45, 2.75) is 0 Å². The maximum absolute atomic E-state index is 6.76. The molecule has 0 saturated carbocycles. The second-order valence-corrected chi connectivity index (χ2v) is 16.8. The minimum Gasteiger partial charge on any atom is -0.455 e. The summed E-state index contributed by atoms with van der Waals surface area (Å²) in [6.07, 6.45) is 0. The Balaban J connectivity index is 1.12. The molecule has 3 nitrogen and oxygen atoms in total. The molecule has 13 aromatic rings. The van der Waals surface area contributed by atoms with E-state index < -0.39 is 0 Å². The van der Waals surface area contributed by atoms with Gasteiger partial charge in [0, 0.05) is 49.6 Å². The van der Waals surface area contributed by atoms with E-state index >= 15 is 0 Å². The fourth-order valence-corrected chi connectivity index (χ4v) is 10.3. The molecule has 2 aromatic heterocycles. The molecule has 0 aliphatic heterocycles. The smallest absolute Gasteiger partial charge is 0.143 e. The van der Waals surface area contributed by atoms with Gasteiger partial charge >= 0.3 is 0 Å². The highest BCUT2D eigenvalue weighted by molar-refractivity contribution is 6.15. The maximum Gasteiger partial charge on any atom is 0.143 e. The number of furan rings is 1. The zero-order valence-corrected chi connectivity index (χ0v) is 35.4. The Hall–Kier alpha value is -8.66. The normalized spacial score (nSPS) is 11.7. The lowest BCUT2D eigenvalue weighted by Crippen LogP contribution is -2.13. The van der Waals surface area contributed by atoms with Crippen molar-refractivity contribution in [1.29, 1.82) is 0 Å². The molecule has 65 heavy (non-hydrogen) atoms. The van der Waals surface area contributed by atoms with E-state index in [1.54, 1.807) is 0 Å². The van der Waals surface area contributed by atoms with Gasteiger partial charge in [-0.15, -0.1) is 0 Å². The van der Waals surface area contributed by atoms with E-state index in [1.807, 2.05) is 6.07 Å². The number of hydrogen-bond donors (Lipinski definition) is 0. The van der Waals surface area contributed by atoms with Crippen molar-refractivity contribution in [2.24, 2.45) is 0 Å². The second kappa shape index (κ2) is 15.0. The number of hydrogen-bond acceptors (Lipinski definition) is 2. The summed E-state index contributed by atoms with van der Waals surface area (Å²) in [4.78, 5) is 2.48. The van der Waals surface area contributed by atoms with Crippen LogP contribution in [0, 0.1) is 0 Å². The molecule has 13 rings (SSSR count). The fourth-order valence-electron chi connectivity index (χ4n) is 10.3. The van der Waals surface area contributed by atoms with E-state index in [2.05, 4.69) is 246 Å². The van der Waals surface area contributed by atoms with Gasteiger partial charge in [0.1, 0.15) is 11.2 Å². The number of para-hydroxylation sites is 5. The third-order valence-corrected chi connectivity index (χ3v) is 13.2. The average molecular weight is 829 g/mol. The molecule has 0 N–H and O–H groups in total. The van der Waals surface area contributed by atoms with Crippen LogP contribution in [0.1, 0.15) is 0 Å². The molecular formula is C62H40N2O. The molecule has 0 aliphatic carbocycles. The van der Waals surface area contributed by atoms with Crippen LogP contribution < -0.4 is 4.90 Å². The summed E-state index contributed by atoms with van der Waals surface area (Å²) in [6.45, 7) is 0. The quantitative estimate of drug-likeness (QED) is 0.149. The Kier molecular flexibility index (Phi) is 8.53. The monoisotopic (exact) mass is 828 g/mol. The summed E-state index contributed by atoms with van der Waals surface area (Å²) in [5, 5.41) is 9.62. The van der Waals surface area contributed by atoms with Crippen LogP contribution in [0.25, 0.3) is 104 Å². The topological polar surface area (TPSA) is 21.3 Å². The van der Waals surface area contributed by atoms with Crippen molar-refractivity contribution < 1.29 is 4.42 Å². The summed E-state index contributed by atoms with van der Waals surface area (Å²) < 4.78 is 9.16. The van der Waals surface area contributed by atoms with Crippen molar-refractivity contribution in [3.8, 4) is 39.1 Å². The largest absolute Gasteiger partial charge is 0.455 e. The first-order valence-electron chi connectivity index (χ1n) is 22.3. The van der Waals surface area contributed by atoms with Crippen LogP contribution >= 0.6 is 0 Å². The third-order valence-electron chi connectivity index (χ3n) is 13.2. The van der Waals surface area contributed by atoms with Gasteiger partial charge in [-0.25, -0.2) is 0 Å². The Morgan fingerprint density at radius 1 is 0.323 bits per heavy atom. The Labute approximate surface area is 376 Å². The minimum atomic E-state index is 0.875. The van der Waals surface area contributed by atoms with Gasteiger partial charge < -0.3 is 13.9 Å². The number of anilines is 3. The number of benzene rings is 11. The Bertz CT molecular complexity index is 3920. The van der Waals surface area contributed by atoms with Gasteiger partial charge in [-0.2, -0.15) is 0 Å². The summed E-state index contributed by atoms with van der Waals surface area (Å²) in [6, 6.07) is 87.9. The first kappa shape index (κ1) is 36.9. The zero-order valence-electron chi connectivity index (χ0n) is 35.4. The highest BCUT2D eigenvalue weighted by atomic mass is 16.3. The van der Waals surface area contributed by atoms with Gasteiger partial charge in [0.2, 0.25) is 0 Å². The first-order valence-corrected chi connectivity index (χ1v) is 22.3. The summed E-state index contributed by atoms with van der Waals surface area (Å²) in [7, 11) is 0. The fraction of sp³-hybridized carbons (Fsp3) is 0. The highest BCUT2D eigenvalue weighted by Crippen LogP contribution is 2.49. The molecule has 0 spiro atoms. The van der Waals surface area contributed by atoms with Crippen LogP contribution in [0.15, 0.2) is 247 Å². The Morgan fingerprint density at radius 3 is 1.75 bits per heavy atom. The molecule has 0 unspecified atom stereocenters. The Morgan fingerprint density at radius 2 is 0.938 bits per heavy atom. The molecule has 0 bridgehead atoms. The standard InChI is InChI=1S/C62H40N2O/c1-2-18-41(19-3-1)47-37-36-43(56-38-42-20-4-5-23-46(42)48-24-6-7-25-49(48)56)39-60(47)64(45-22-16-21-44(40-45)63-57-32-12-8-26-50(57)51-27-9-13-33-58(51)63)59-34-14-10-28-52(59)54-30-17-31-55-53-29-11-15-35-61(53)65-62(54)55/h1-40H. The van der Waals surface area contributed by atoms with Gasteiger partial charge in [-0.3, -0.25) is 0 Å². The molecule has 0 amide bonds. The first-order chi connectivity index (χ1) is 32.3. The minimum absolute atomic E-state index is 0.875. The van der Waals surface area contributed by atoms with Crippen molar-refractivity contribution in [1.82, 2.24) is 4.57 Å². The van der Waals surface area contributed by atoms with Gasteiger partial charge in [0.05, 0.1) is 22.4 Å². The predicted molar refractivity (Wildman–Crippen MR) is 274 cm³/mol. The number of fused-ring (bicyclic) bond motifs is 9. The molecule has 0 radical (unpaired) electrons. The molecule has 0 fully saturated rings. The second-order valence-electron chi connectivity index (χ2n) is 16.8. The average Bonchev–Trinajstić information content (AvgIpc) is 3.93. The summed E-state index contributed by atoms with van der Waals surface area (Å²) in [5.41, 5.74) is 15.0. The zero-order chi connectivity index (χ0) is 42.8. The lowest BCUT2D eigenvalue weighted by Gasteiger charge is -2.31. The van der Waals surface area contributed by atoms with E-state index in [1.165, 1.54) is 48.9 Å². The SMILES string of the molecule is c1ccc(-c2ccc(-c3cc4ccccc4c4ccccc34)cc2N(c2cccc(-n3c4ccccc4c4ccccc43)c2)c2ccccc2-c2cccc3c2oc2ccccc23)cc1. The summed E-state index contributed by atoms with van der Waals surface area (Å²) >= 11 is 0. The van der Waals surface area contributed by atoms with Crippen LogP contribution in [-0.4, -0.2) is 4.57 Å².